The van der Waals surface area contributed by atoms with Gasteiger partial charge in [-0.3, -0.25) is 14.9 Å². The predicted octanol–water partition coefficient (Wildman–Crippen LogP) is 4.26. The average Bonchev–Trinajstić information content (AvgIpc) is 2.54. The van der Waals surface area contributed by atoms with Crippen LogP contribution in [0.5, 0.6) is 0 Å². The molecule has 1 heterocycles. The molecule has 0 saturated carbocycles. The molecule has 7 nitrogen and oxygen atoms in total. The Morgan fingerprint density at radius 1 is 1.16 bits per heavy atom. The van der Waals surface area contributed by atoms with Crippen LogP contribution in [0.1, 0.15) is 10.4 Å². The normalized spacial score (nSPS) is 10.6. The van der Waals surface area contributed by atoms with Crippen molar-refractivity contribution < 1.29 is 14.1 Å². The van der Waals surface area contributed by atoms with Gasteiger partial charge in [0.1, 0.15) is 5.69 Å². The average molecular weight is 379 g/mol. The maximum atomic E-state index is 12.3. The minimum atomic E-state index is -0.916. The van der Waals surface area contributed by atoms with Crippen LogP contribution >= 0.6 is 23.2 Å². The van der Waals surface area contributed by atoms with Crippen LogP contribution in [0.2, 0.25) is 10.0 Å². The molecule has 9 heteroatoms. The Balaban J connectivity index is 2.02. The van der Waals surface area contributed by atoms with Crippen molar-refractivity contribution in [3.05, 3.63) is 78.6 Å². The summed E-state index contributed by atoms with van der Waals surface area (Å²) in [6.45, 7) is 0. The Bertz CT molecular complexity index is 1080. The van der Waals surface area contributed by atoms with E-state index in [1.54, 1.807) is 0 Å². The topological polar surface area (TPSA) is 102 Å². The van der Waals surface area contributed by atoms with Crippen LogP contribution in [-0.2, 0) is 0 Å². The first-order chi connectivity index (χ1) is 11.9. The molecule has 0 saturated heterocycles. The Hall–Kier alpha value is -2.90. The first kappa shape index (κ1) is 16.9. The zero-order valence-electron chi connectivity index (χ0n) is 12.3. The van der Waals surface area contributed by atoms with Crippen LogP contribution < -0.4 is 10.9 Å². The van der Waals surface area contributed by atoms with E-state index in [9.17, 15) is 19.7 Å². The second-order valence-electron chi connectivity index (χ2n) is 4.98. The summed E-state index contributed by atoms with van der Waals surface area (Å²) >= 11 is 11.7. The third kappa shape index (κ3) is 3.33. The Morgan fingerprint density at radius 2 is 1.92 bits per heavy atom. The fraction of sp³-hybridized carbons (Fsp3) is 0. The minimum Gasteiger partial charge on any atom is -0.414 e. The molecule has 0 bridgehead atoms. The first-order valence-corrected chi connectivity index (χ1v) is 7.60. The molecule has 1 aromatic heterocycles. The molecule has 25 heavy (non-hydrogen) atoms. The van der Waals surface area contributed by atoms with Crippen LogP contribution in [0.3, 0.4) is 0 Å². The molecule has 1 N–H and O–H groups in total. The summed E-state index contributed by atoms with van der Waals surface area (Å²) in [7, 11) is 0. The van der Waals surface area contributed by atoms with Gasteiger partial charge in [-0.2, -0.15) is 0 Å². The molecule has 0 aliphatic heterocycles. The lowest BCUT2D eigenvalue weighted by atomic mass is 10.2. The van der Waals surface area contributed by atoms with Crippen molar-refractivity contribution in [2.45, 2.75) is 0 Å². The van der Waals surface area contributed by atoms with Crippen molar-refractivity contribution in [2.24, 2.45) is 0 Å². The van der Waals surface area contributed by atoms with Gasteiger partial charge in [-0.25, -0.2) is 4.79 Å². The van der Waals surface area contributed by atoms with Crippen LogP contribution in [-0.4, -0.2) is 10.8 Å². The highest BCUT2D eigenvalue weighted by molar-refractivity contribution is 6.37. The maximum Gasteiger partial charge on any atom is 0.360 e. The molecule has 3 aromatic rings. The van der Waals surface area contributed by atoms with Gasteiger partial charge >= 0.3 is 11.3 Å². The van der Waals surface area contributed by atoms with Gasteiger partial charge in [0.25, 0.3) is 5.91 Å². The van der Waals surface area contributed by atoms with Gasteiger partial charge < -0.3 is 9.73 Å². The van der Waals surface area contributed by atoms with Crippen molar-refractivity contribution in [3.63, 3.8) is 0 Å². The highest BCUT2D eigenvalue weighted by Gasteiger charge is 2.18. The number of non-ortho nitro benzene ring substituents is 1. The van der Waals surface area contributed by atoms with E-state index in [1.807, 2.05) is 0 Å². The number of halogens is 2. The Labute approximate surface area is 149 Å². The highest BCUT2D eigenvalue weighted by Crippen LogP contribution is 2.26. The maximum absolute atomic E-state index is 12.3. The van der Waals surface area contributed by atoms with Crippen LogP contribution in [0, 0.1) is 10.1 Å². The highest BCUT2D eigenvalue weighted by atomic mass is 35.5. The minimum absolute atomic E-state index is 0.115. The second kappa shape index (κ2) is 6.54. The first-order valence-electron chi connectivity index (χ1n) is 6.84. The number of nitrogens with one attached hydrogen (secondary N) is 1. The number of nitro benzene ring substituents is 1. The summed E-state index contributed by atoms with van der Waals surface area (Å²) in [6.07, 6.45) is 0. The van der Waals surface area contributed by atoms with E-state index >= 15 is 0 Å². The van der Waals surface area contributed by atoms with Crippen LogP contribution in [0.25, 0.3) is 11.0 Å². The Morgan fingerprint density at radius 3 is 2.60 bits per heavy atom. The van der Waals surface area contributed by atoms with E-state index in [-0.39, 0.29) is 27.5 Å². The zero-order chi connectivity index (χ0) is 18.1. The van der Waals surface area contributed by atoms with Gasteiger partial charge in [-0.1, -0.05) is 35.3 Å². The fourth-order valence-corrected chi connectivity index (χ4v) is 2.72. The van der Waals surface area contributed by atoms with Gasteiger partial charge in [0.15, 0.2) is 0 Å². The Kier molecular flexibility index (Phi) is 4.43. The number of para-hydroxylation sites is 1. The molecule has 0 fully saturated rings. The largest absolute Gasteiger partial charge is 0.414 e. The summed E-state index contributed by atoms with van der Waals surface area (Å²) in [5, 5.41) is 14.1. The van der Waals surface area contributed by atoms with Gasteiger partial charge in [0, 0.05) is 16.5 Å². The number of nitro groups is 1. The van der Waals surface area contributed by atoms with E-state index < -0.39 is 16.5 Å². The van der Waals surface area contributed by atoms with E-state index in [0.29, 0.717) is 10.4 Å². The number of carbonyl (C=O) groups is 1. The molecular weight excluding hydrogens is 371 g/mol. The van der Waals surface area contributed by atoms with Gasteiger partial charge in [0.2, 0.25) is 5.58 Å². The predicted molar refractivity (Wildman–Crippen MR) is 93.6 cm³/mol. The number of rotatable bonds is 3. The number of amides is 1. The number of fused-ring (bicyclic) bond motifs is 1. The van der Waals surface area contributed by atoms with Gasteiger partial charge in [0.05, 0.1) is 15.5 Å². The number of carbonyl (C=O) groups excluding carboxylic acids is 1. The molecule has 126 valence electrons. The molecule has 2 aromatic carbocycles. The number of nitrogens with zero attached hydrogens (tertiary/aromatic N) is 1. The molecule has 0 aliphatic carbocycles. The number of benzene rings is 2. The third-order valence-electron chi connectivity index (χ3n) is 3.36. The summed E-state index contributed by atoms with van der Waals surface area (Å²) in [4.78, 5) is 34.7. The molecule has 3 rings (SSSR count). The lowest BCUT2D eigenvalue weighted by Crippen LogP contribution is -2.18. The zero-order valence-corrected chi connectivity index (χ0v) is 13.8. The van der Waals surface area contributed by atoms with Crippen molar-refractivity contribution in [1.29, 1.82) is 0 Å². The SMILES string of the molecule is O=C(Nc1cc2cccc([N+](=O)[O-])c2oc1=O)c1ccc(Cl)cc1Cl. The molecule has 0 atom stereocenters. The number of anilines is 1. The molecular formula is C16H8Cl2N2O5. The molecule has 0 unspecified atom stereocenters. The molecule has 0 aliphatic rings. The smallest absolute Gasteiger partial charge is 0.360 e. The monoisotopic (exact) mass is 378 g/mol. The second-order valence-corrected chi connectivity index (χ2v) is 5.82. The molecule has 0 spiro atoms. The van der Waals surface area contributed by atoms with Crippen LogP contribution in [0.4, 0.5) is 11.4 Å². The summed E-state index contributed by atoms with van der Waals surface area (Å²) in [5.41, 5.74) is -1.47. The van der Waals surface area contributed by atoms with Crippen molar-refractivity contribution in [3.8, 4) is 0 Å². The molecule has 1 amide bonds. The third-order valence-corrected chi connectivity index (χ3v) is 3.91. The van der Waals surface area contributed by atoms with E-state index in [2.05, 4.69) is 5.32 Å². The standard InChI is InChI=1S/C16H8Cl2N2O5/c17-9-4-5-10(11(18)7-9)15(21)19-12-6-8-2-1-3-13(20(23)24)14(8)25-16(12)22/h1-7H,(H,19,21). The summed E-state index contributed by atoms with van der Waals surface area (Å²) in [6, 6.07) is 9.78. The van der Waals surface area contributed by atoms with E-state index in [0.717, 1.165) is 0 Å². The lowest BCUT2D eigenvalue weighted by Gasteiger charge is -2.07. The fourth-order valence-electron chi connectivity index (χ4n) is 2.22. The van der Waals surface area contributed by atoms with Gasteiger partial charge in [-0.05, 0) is 24.3 Å². The van der Waals surface area contributed by atoms with E-state index in [4.69, 9.17) is 27.6 Å². The summed E-state index contributed by atoms with van der Waals surface area (Å²) in [5.74, 6) is -0.640. The summed E-state index contributed by atoms with van der Waals surface area (Å²) < 4.78 is 5.01. The number of hydrogen-bond acceptors (Lipinski definition) is 5. The van der Waals surface area contributed by atoms with Gasteiger partial charge in [-0.15, -0.1) is 0 Å². The number of hydrogen-bond donors (Lipinski definition) is 1. The van der Waals surface area contributed by atoms with Crippen molar-refractivity contribution >= 4 is 51.5 Å². The van der Waals surface area contributed by atoms with Crippen molar-refractivity contribution in [1.82, 2.24) is 0 Å². The lowest BCUT2D eigenvalue weighted by molar-refractivity contribution is -0.383. The van der Waals surface area contributed by atoms with E-state index in [1.165, 1.54) is 42.5 Å². The van der Waals surface area contributed by atoms with Crippen molar-refractivity contribution in [2.75, 3.05) is 5.32 Å². The van der Waals surface area contributed by atoms with Crippen LogP contribution in [0.15, 0.2) is 51.7 Å². The quantitative estimate of drug-likeness (QED) is 0.416. The molecule has 0 radical (unpaired) electrons.